The Balaban J connectivity index is 1.72. The molecule has 38 heavy (non-hydrogen) atoms. The molecule has 0 saturated heterocycles. The van der Waals surface area contributed by atoms with Gasteiger partial charge in [0.2, 0.25) is 11.7 Å². The van der Waals surface area contributed by atoms with Crippen LogP contribution in [0.25, 0.3) is 11.3 Å². The van der Waals surface area contributed by atoms with Crippen molar-refractivity contribution in [2.45, 2.75) is 24.8 Å². The van der Waals surface area contributed by atoms with E-state index in [0.29, 0.717) is 23.6 Å². The lowest BCUT2D eigenvalue weighted by Gasteiger charge is -2.15. The molecule has 0 saturated carbocycles. The van der Waals surface area contributed by atoms with Gasteiger partial charge in [-0.2, -0.15) is 0 Å². The van der Waals surface area contributed by atoms with Crippen molar-refractivity contribution in [1.29, 1.82) is 0 Å². The minimum atomic E-state index is -1.17. The second-order valence-electron chi connectivity index (χ2n) is 8.66. The summed E-state index contributed by atoms with van der Waals surface area (Å²) in [6.45, 7) is 0.250. The third kappa shape index (κ3) is 6.44. The number of amides is 1. The highest BCUT2D eigenvalue weighted by Crippen LogP contribution is 2.35. The van der Waals surface area contributed by atoms with Gasteiger partial charge in [0.25, 0.3) is 5.91 Å². The van der Waals surface area contributed by atoms with E-state index < -0.39 is 17.9 Å². The van der Waals surface area contributed by atoms with Crippen LogP contribution in [-0.4, -0.2) is 40.5 Å². The number of carboxylic acid groups (broad SMARTS) is 1. The lowest BCUT2D eigenvalue weighted by atomic mass is 9.91. The first-order valence-corrected chi connectivity index (χ1v) is 12.2. The summed E-state index contributed by atoms with van der Waals surface area (Å²) in [4.78, 5) is 34.0. The third-order valence-electron chi connectivity index (χ3n) is 5.96. The van der Waals surface area contributed by atoms with E-state index in [-0.39, 0.29) is 30.6 Å². The summed E-state index contributed by atoms with van der Waals surface area (Å²) in [5.74, 6) is -2.03. The number of aromatic nitrogens is 1. The molecule has 1 heterocycles. The zero-order chi connectivity index (χ0) is 26.9. The number of carbonyl (C=O) groups is 2. The fourth-order valence-corrected chi connectivity index (χ4v) is 4.16. The van der Waals surface area contributed by atoms with E-state index >= 15 is 0 Å². The Morgan fingerprint density at radius 1 is 0.895 bits per heavy atom. The largest absolute Gasteiger partial charge is 0.480 e. The highest BCUT2D eigenvalue weighted by molar-refractivity contribution is 5.99. The molecule has 0 aliphatic carbocycles. The molecule has 1 unspecified atom stereocenters. The number of aliphatic imine (C=N–C) groups is 1. The first-order chi connectivity index (χ1) is 18.4. The van der Waals surface area contributed by atoms with Crippen LogP contribution in [0.1, 0.15) is 46.3 Å². The van der Waals surface area contributed by atoms with Crippen LogP contribution in [0.5, 0.6) is 0 Å². The van der Waals surface area contributed by atoms with Crippen molar-refractivity contribution in [3.05, 3.63) is 114 Å². The molecule has 0 spiro atoms. The Hall–Kier alpha value is -4.92. The second kappa shape index (κ2) is 12.4. The Morgan fingerprint density at radius 3 is 1.97 bits per heavy atom. The van der Waals surface area contributed by atoms with Gasteiger partial charge in [-0.3, -0.25) is 9.79 Å². The van der Waals surface area contributed by atoms with Gasteiger partial charge in [0.05, 0.1) is 5.92 Å². The number of benzene rings is 3. The molecule has 0 bridgehead atoms. The quantitative estimate of drug-likeness (QED) is 0.136. The molecule has 1 amide bonds. The Morgan fingerprint density at radius 2 is 1.45 bits per heavy atom. The van der Waals surface area contributed by atoms with Crippen molar-refractivity contribution in [3.63, 3.8) is 0 Å². The molecular formula is C29H29N5O4. The van der Waals surface area contributed by atoms with E-state index in [1.165, 1.54) is 0 Å². The first-order valence-electron chi connectivity index (χ1n) is 12.2. The number of nitrogens with zero attached hydrogens (tertiary/aromatic N) is 2. The summed E-state index contributed by atoms with van der Waals surface area (Å²) in [5.41, 5.74) is 13.5. The second-order valence-corrected chi connectivity index (χ2v) is 8.66. The third-order valence-corrected chi connectivity index (χ3v) is 5.96. The number of hydrogen-bond donors (Lipinski definition) is 4. The van der Waals surface area contributed by atoms with Crippen LogP contribution < -0.4 is 16.8 Å². The van der Waals surface area contributed by atoms with E-state index in [4.69, 9.17) is 20.9 Å². The Bertz CT molecular complexity index is 1350. The highest BCUT2D eigenvalue weighted by atomic mass is 16.4. The maximum Gasteiger partial charge on any atom is 0.326 e. The molecule has 1 aromatic heterocycles. The maximum absolute atomic E-state index is 13.4. The SMILES string of the molecule is NC(N)=NCCCC(NC(=O)c1oc(C(c2ccccc2)c2ccccc2)nc1-c1ccccc1)C(=O)O. The standard InChI is InChI=1S/C29H29N5O4/c30-29(31)32-18-10-17-22(28(36)37)33-26(35)25-24(21-15-8-3-9-16-21)34-27(38-25)23(19-11-4-1-5-12-19)20-13-6-2-7-14-20/h1-9,11-16,22-23H,10,17-18H2,(H,33,35)(H,36,37)(H4,30,31,32). The number of nitrogens with two attached hydrogens (primary N) is 2. The summed E-state index contributed by atoms with van der Waals surface area (Å²) in [6.07, 6.45) is 0.503. The molecule has 4 aromatic rings. The number of carboxylic acids is 1. The predicted octanol–water partition coefficient (Wildman–Crippen LogP) is 3.76. The normalized spacial score (nSPS) is 11.6. The van der Waals surface area contributed by atoms with Crippen LogP contribution in [-0.2, 0) is 4.79 Å². The Kier molecular flexibility index (Phi) is 8.50. The van der Waals surface area contributed by atoms with Crippen molar-refractivity contribution in [1.82, 2.24) is 10.3 Å². The van der Waals surface area contributed by atoms with Crippen LogP contribution >= 0.6 is 0 Å². The van der Waals surface area contributed by atoms with E-state index in [1.807, 2.05) is 91.0 Å². The first kappa shape index (κ1) is 26.2. The fraction of sp³-hybridized carbons (Fsp3) is 0.172. The number of nitrogens with one attached hydrogen (secondary N) is 1. The average molecular weight is 512 g/mol. The highest BCUT2D eigenvalue weighted by Gasteiger charge is 2.30. The summed E-state index contributed by atoms with van der Waals surface area (Å²) in [7, 11) is 0. The topological polar surface area (TPSA) is 157 Å². The van der Waals surface area contributed by atoms with Gasteiger partial charge in [0.1, 0.15) is 11.7 Å². The van der Waals surface area contributed by atoms with Crippen molar-refractivity contribution >= 4 is 17.8 Å². The molecule has 9 heteroatoms. The van der Waals surface area contributed by atoms with Gasteiger partial charge in [-0.05, 0) is 24.0 Å². The summed E-state index contributed by atoms with van der Waals surface area (Å²) >= 11 is 0. The van der Waals surface area contributed by atoms with Gasteiger partial charge in [0.15, 0.2) is 5.96 Å². The summed E-state index contributed by atoms with van der Waals surface area (Å²) in [5, 5.41) is 12.3. The van der Waals surface area contributed by atoms with Crippen molar-refractivity contribution < 1.29 is 19.1 Å². The molecule has 0 aliphatic rings. The number of carbonyl (C=O) groups excluding carboxylic acids is 1. The van der Waals surface area contributed by atoms with E-state index in [2.05, 4.69) is 10.3 Å². The molecule has 3 aromatic carbocycles. The summed E-state index contributed by atoms with van der Waals surface area (Å²) in [6, 6.07) is 27.5. The van der Waals surface area contributed by atoms with Gasteiger partial charge in [-0.15, -0.1) is 0 Å². The molecule has 9 nitrogen and oxygen atoms in total. The van der Waals surface area contributed by atoms with Crippen molar-refractivity contribution in [3.8, 4) is 11.3 Å². The van der Waals surface area contributed by atoms with Gasteiger partial charge < -0.3 is 26.3 Å². The molecule has 4 rings (SSSR count). The number of rotatable bonds is 11. The smallest absolute Gasteiger partial charge is 0.326 e. The van der Waals surface area contributed by atoms with Gasteiger partial charge >= 0.3 is 5.97 Å². The molecule has 6 N–H and O–H groups in total. The van der Waals surface area contributed by atoms with Crippen LogP contribution in [0.15, 0.2) is 100 Å². The minimum absolute atomic E-state index is 0.0569. The number of aliphatic carboxylic acids is 1. The van der Waals surface area contributed by atoms with Gasteiger partial charge in [0, 0.05) is 12.1 Å². The van der Waals surface area contributed by atoms with E-state index in [9.17, 15) is 14.7 Å². The molecule has 0 aliphatic heterocycles. The van der Waals surface area contributed by atoms with Gasteiger partial charge in [-0.1, -0.05) is 91.0 Å². The van der Waals surface area contributed by atoms with Crippen LogP contribution in [0.2, 0.25) is 0 Å². The van der Waals surface area contributed by atoms with Crippen LogP contribution in [0.3, 0.4) is 0 Å². The number of guanidine groups is 1. The summed E-state index contributed by atoms with van der Waals surface area (Å²) < 4.78 is 6.17. The van der Waals surface area contributed by atoms with E-state index in [1.54, 1.807) is 0 Å². The molecule has 194 valence electrons. The average Bonchev–Trinajstić information content (AvgIpc) is 3.37. The van der Waals surface area contributed by atoms with E-state index in [0.717, 1.165) is 11.1 Å². The van der Waals surface area contributed by atoms with Crippen molar-refractivity contribution in [2.24, 2.45) is 16.5 Å². The zero-order valence-electron chi connectivity index (χ0n) is 20.7. The zero-order valence-corrected chi connectivity index (χ0v) is 20.7. The van der Waals surface area contributed by atoms with Gasteiger partial charge in [-0.25, -0.2) is 9.78 Å². The predicted molar refractivity (Wildman–Crippen MR) is 145 cm³/mol. The molecular weight excluding hydrogens is 482 g/mol. The number of oxazole rings is 1. The monoisotopic (exact) mass is 511 g/mol. The maximum atomic E-state index is 13.4. The fourth-order valence-electron chi connectivity index (χ4n) is 4.16. The molecule has 1 atom stereocenters. The minimum Gasteiger partial charge on any atom is -0.480 e. The van der Waals surface area contributed by atoms with Crippen molar-refractivity contribution in [2.75, 3.05) is 6.54 Å². The number of hydrogen-bond acceptors (Lipinski definition) is 5. The lowest BCUT2D eigenvalue weighted by molar-refractivity contribution is -0.139. The van der Waals surface area contributed by atoms with Crippen LogP contribution in [0, 0.1) is 0 Å². The van der Waals surface area contributed by atoms with Crippen LogP contribution in [0.4, 0.5) is 0 Å². The Labute approximate surface area is 220 Å². The lowest BCUT2D eigenvalue weighted by Crippen LogP contribution is -2.41. The molecule has 0 fully saturated rings. The molecule has 0 radical (unpaired) electrons.